The van der Waals surface area contributed by atoms with E-state index in [9.17, 15) is 4.79 Å². The van der Waals surface area contributed by atoms with Gasteiger partial charge in [-0.15, -0.1) is 0 Å². The fraction of sp³-hybridized carbons (Fsp3) is 0.296. The zero-order chi connectivity index (χ0) is 24.2. The van der Waals surface area contributed by atoms with Crippen molar-refractivity contribution in [1.29, 1.82) is 5.41 Å². The molecule has 0 bridgehead atoms. The summed E-state index contributed by atoms with van der Waals surface area (Å²) in [6.07, 6.45) is 1.76. The first-order chi connectivity index (χ1) is 16.4. The average molecular weight is 458 g/mol. The number of anilines is 1. The van der Waals surface area contributed by atoms with Crippen molar-refractivity contribution in [2.45, 2.75) is 25.9 Å². The van der Waals surface area contributed by atoms with Gasteiger partial charge in [-0.05, 0) is 49.7 Å². The molecule has 2 unspecified atom stereocenters. The Bertz CT molecular complexity index is 1180. The van der Waals surface area contributed by atoms with E-state index in [1.807, 2.05) is 66.5 Å². The van der Waals surface area contributed by atoms with Gasteiger partial charge in [0.1, 0.15) is 0 Å². The van der Waals surface area contributed by atoms with Crippen LogP contribution >= 0.6 is 0 Å². The van der Waals surface area contributed by atoms with Crippen molar-refractivity contribution in [3.8, 4) is 17.0 Å². The van der Waals surface area contributed by atoms with Crippen molar-refractivity contribution in [3.63, 3.8) is 0 Å². The third kappa shape index (κ3) is 4.94. The maximum absolute atomic E-state index is 13.2. The Balaban J connectivity index is 1.64. The monoisotopic (exact) mass is 457 g/mol. The number of carbonyl (C=O) groups excluding carboxylic acids is 1. The van der Waals surface area contributed by atoms with Crippen LogP contribution in [0.4, 0.5) is 5.69 Å². The van der Waals surface area contributed by atoms with Gasteiger partial charge >= 0.3 is 0 Å². The molecule has 176 valence electrons. The summed E-state index contributed by atoms with van der Waals surface area (Å²) in [5.74, 6) is 0.556. The molecule has 1 aliphatic rings. The van der Waals surface area contributed by atoms with Gasteiger partial charge < -0.3 is 20.3 Å². The first-order valence-electron chi connectivity index (χ1n) is 11.5. The number of carbonyl (C=O) groups is 1. The molecular formula is C27H31N5O2. The topological polar surface area (TPSA) is 90.3 Å². The highest BCUT2D eigenvalue weighted by atomic mass is 16.5. The van der Waals surface area contributed by atoms with Crippen LogP contribution in [-0.2, 0) is 0 Å². The van der Waals surface area contributed by atoms with E-state index in [4.69, 9.17) is 10.1 Å². The number of piperazine rings is 1. The molecule has 2 aromatic carbocycles. The number of hydrogen-bond acceptors (Lipinski definition) is 6. The maximum atomic E-state index is 13.2. The molecule has 4 rings (SSSR count). The second-order valence-electron chi connectivity index (χ2n) is 8.73. The van der Waals surface area contributed by atoms with Gasteiger partial charge in [-0.2, -0.15) is 0 Å². The van der Waals surface area contributed by atoms with E-state index in [0.29, 0.717) is 35.8 Å². The van der Waals surface area contributed by atoms with Gasteiger partial charge in [-0.25, -0.2) is 4.98 Å². The lowest BCUT2D eigenvalue weighted by Crippen LogP contribution is -2.55. The predicted molar refractivity (Wildman–Crippen MR) is 136 cm³/mol. The number of pyridine rings is 1. The standard InChI is InChI=1S/C27H31N5O2/c1-17-15-32(16-18(2)31-17)27(33)21-7-5-6-20(12-21)26(28)23-13-19(8-10-24(23)29-3)22-9-11-25(34-4)30-14-22/h5-14,17-18,28-29,31H,15-16H2,1-4H3. The fourth-order valence-corrected chi connectivity index (χ4v) is 4.46. The van der Waals surface area contributed by atoms with E-state index in [1.54, 1.807) is 13.3 Å². The van der Waals surface area contributed by atoms with Crippen LogP contribution in [0.5, 0.6) is 5.88 Å². The molecule has 2 atom stereocenters. The summed E-state index contributed by atoms with van der Waals surface area (Å²) in [4.78, 5) is 19.4. The highest BCUT2D eigenvalue weighted by Crippen LogP contribution is 2.28. The number of nitrogens with one attached hydrogen (secondary N) is 3. The van der Waals surface area contributed by atoms with Gasteiger partial charge in [0.15, 0.2) is 0 Å². The van der Waals surface area contributed by atoms with E-state index in [-0.39, 0.29) is 18.0 Å². The van der Waals surface area contributed by atoms with Gasteiger partial charge in [0.25, 0.3) is 5.91 Å². The molecule has 7 nitrogen and oxygen atoms in total. The molecule has 1 fully saturated rings. The van der Waals surface area contributed by atoms with Gasteiger partial charge in [0.2, 0.25) is 5.88 Å². The van der Waals surface area contributed by atoms with Crippen LogP contribution in [0, 0.1) is 5.41 Å². The fourth-order valence-electron chi connectivity index (χ4n) is 4.46. The molecule has 1 aliphatic heterocycles. The first-order valence-corrected chi connectivity index (χ1v) is 11.5. The third-order valence-electron chi connectivity index (χ3n) is 6.08. The van der Waals surface area contributed by atoms with Crippen molar-refractivity contribution in [1.82, 2.24) is 15.2 Å². The lowest BCUT2D eigenvalue weighted by molar-refractivity contribution is 0.0674. The summed E-state index contributed by atoms with van der Waals surface area (Å²) >= 11 is 0. The predicted octanol–water partition coefficient (Wildman–Crippen LogP) is 4.04. The molecule has 2 heterocycles. The first kappa shape index (κ1) is 23.4. The van der Waals surface area contributed by atoms with Gasteiger partial charge in [-0.3, -0.25) is 10.2 Å². The Morgan fingerprint density at radius 3 is 2.41 bits per heavy atom. The van der Waals surface area contributed by atoms with E-state index in [0.717, 1.165) is 22.4 Å². The molecule has 34 heavy (non-hydrogen) atoms. The van der Waals surface area contributed by atoms with Crippen molar-refractivity contribution >= 4 is 17.3 Å². The summed E-state index contributed by atoms with van der Waals surface area (Å²) in [6, 6.07) is 17.6. The number of rotatable bonds is 6. The van der Waals surface area contributed by atoms with E-state index < -0.39 is 0 Å². The number of amides is 1. The number of ether oxygens (including phenoxy) is 1. The van der Waals surface area contributed by atoms with Crippen LogP contribution in [0.15, 0.2) is 60.8 Å². The second-order valence-corrected chi connectivity index (χ2v) is 8.73. The third-order valence-corrected chi connectivity index (χ3v) is 6.08. The van der Waals surface area contributed by atoms with Crippen LogP contribution in [0.3, 0.4) is 0 Å². The summed E-state index contributed by atoms with van der Waals surface area (Å²) in [5, 5.41) is 15.6. The van der Waals surface area contributed by atoms with E-state index in [1.165, 1.54) is 0 Å². The van der Waals surface area contributed by atoms with Crippen molar-refractivity contribution in [2.24, 2.45) is 0 Å². The minimum Gasteiger partial charge on any atom is -0.481 e. The maximum Gasteiger partial charge on any atom is 0.253 e. The van der Waals surface area contributed by atoms with Crippen molar-refractivity contribution < 1.29 is 9.53 Å². The molecule has 1 aromatic heterocycles. The van der Waals surface area contributed by atoms with Crippen molar-refractivity contribution in [2.75, 3.05) is 32.6 Å². The normalized spacial score (nSPS) is 17.8. The SMILES string of the molecule is CNc1ccc(-c2ccc(OC)nc2)cc1C(=N)c1cccc(C(=O)N2CC(C)NC(C)C2)c1. The number of hydrogen-bond donors (Lipinski definition) is 3. The van der Waals surface area contributed by atoms with Gasteiger partial charge in [-0.1, -0.05) is 18.2 Å². The minimum atomic E-state index is 0.00162. The lowest BCUT2D eigenvalue weighted by atomic mass is 9.95. The summed E-state index contributed by atoms with van der Waals surface area (Å²) in [7, 11) is 3.43. The van der Waals surface area contributed by atoms with Crippen LogP contribution in [0.1, 0.15) is 35.3 Å². The van der Waals surface area contributed by atoms with E-state index >= 15 is 0 Å². The molecule has 1 amide bonds. The quantitative estimate of drug-likeness (QED) is 0.486. The number of benzene rings is 2. The Hall–Kier alpha value is -3.71. The summed E-state index contributed by atoms with van der Waals surface area (Å²) in [5.41, 5.74) is 5.13. The Morgan fingerprint density at radius 1 is 1.06 bits per heavy atom. The van der Waals surface area contributed by atoms with Crippen LogP contribution in [-0.4, -0.2) is 60.8 Å². The average Bonchev–Trinajstić information content (AvgIpc) is 2.87. The zero-order valence-electron chi connectivity index (χ0n) is 20.1. The van der Waals surface area contributed by atoms with Gasteiger partial charge in [0, 0.05) is 72.4 Å². The number of aromatic nitrogens is 1. The molecule has 0 spiro atoms. The Morgan fingerprint density at radius 2 is 1.76 bits per heavy atom. The lowest BCUT2D eigenvalue weighted by Gasteiger charge is -2.36. The highest BCUT2D eigenvalue weighted by molar-refractivity contribution is 6.15. The molecule has 7 heteroatoms. The summed E-state index contributed by atoms with van der Waals surface area (Å²) < 4.78 is 5.16. The number of nitrogens with zero attached hydrogens (tertiary/aromatic N) is 2. The van der Waals surface area contributed by atoms with Gasteiger partial charge in [0.05, 0.1) is 12.8 Å². The van der Waals surface area contributed by atoms with Crippen LogP contribution in [0.25, 0.3) is 11.1 Å². The molecule has 3 N–H and O–H groups in total. The van der Waals surface area contributed by atoms with Crippen LogP contribution < -0.4 is 15.4 Å². The molecule has 0 saturated carbocycles. The minimum absolute atomic E-state index is 0.00162. The zero-order valence-corrected chi connectivity index (χ0v) is 20.1. The molecule has 1 saturated heterocycles. The Kier molecular flexibility index (Phi) is 6.93. The molecule has 0 radical (unpaired) electrons. The largest absolute Gasteiger partial charge is 0.481 e. The smallest absolute Gasteiger partial charge is 0.253 e. The highest BCUT2D eigenvalue weighted by Gasteiger charge is 2.26. The van der Waals surface area contributed by atoms with Crippen molar-refractivity contribution in [3.05, 3.63) is 77.5 Å². The second kappa shape index (κ2) is 10.1. The van der Waals surface area contributed by atoms with E-state index in [2.05, 4.69) is 29.5 Å². The van der Waals surface area contributed by atoms with Crippen LogP contribution in [0.2, 0.25) is 0 Å². The molecule has 3 aromatic rings. The Labute approximate surface area is 200 Å². The molecular weight excluding hydrogens is 426 g/mol. The summed E-state index contributed by atoms with van der Waals surface area (Å²) in [6.45, 7) is 5.53. The molecule has 0 aliphatic carbocycles. The number of methoxy groups -OCH3 is 1.